The molecule has 2 fully saturated rings. The van der Waals surface area contributed by atoms with Crippen LogP contribution >= 0.6 is 0 Å². The van der Waals surface area contributed by atoms with Crippen LogP contribution in [0.4, 0.5) is 11.4 Å². The number of hydrogen-bond donors (Lipinski definition) is 0. The number of para-hydroxylation sites is 1. The van der Waals surface area contributed by atoms with Gasteiger partial charge in [-0.25, -0.2) is 0 Å². The maximum atomic E-state index is 2.63. The summed E-state index contributed by atoms with van der Waals surface area (Å²) in [6.45, 7) is 4.39. The normalized spacial score (nSPS) is 22.2. The van der Waals surface area contributed by atoms with E-state index in [9.17, 15) is 0 Å². The van der Waals surface area contributed by atoms with Crippen LogP contribution in [0, 0.1) is 37.5 Å². The Kier molecular flexibility index (Phi) is 7.43. The zero-order chi connectivity index (χ0) is 36.7. The Morgan fingerprint density at radius 3 is 1.98 bits per heavy atom. The standard InChI is InChI=1S/C54H45N/c1-35-19-23-40(24-20-35)54(41-25-21-36(2)22-26-41)34-39-13-6-7-15-43(39)47-28-27-42(32-51(47)54)55(52-18-9-8-16-44(52)37-11-4-3-5-12-37)53-30-29-46(49-33-50(49)53)45-17-10-14-38-31-48(38)45/h3-30,32,38,48-50H,31,33-34H2,1-2H3/t38?,48-,49?,50-/m1/s1. The van der Waals surface area contributed by atoms with Gasteiger partial charge < -0.3 is 4.90 Å². The van der Waals surface area contributed by atoms with Crippen molar-refractivity contribution in [2.24, 2.45) is 23.7 Å². The van der Waals surface area contributed by atoms with Gasteiger partial charge in [-0.1, -0.05) is 163 Å². The first-order valence-electron chi connectivity index (χ1n) is 20.2. The molecule has 1 heteroatoms. The molecule has 4 atom stereocenters. The van der Waals surface area contributed by atoms with Crippen molar-refractivity contribution in [2.75, 3.05) is 4.90 Å². The van der Waals surface area contributed by atoms with Crippen LogP contribution in [0.2, 0.25) is 0 Å². The van der Waals surface area contributed by atoms with E-state index < -0.39 is 0 Å². The van der Waals surface area contributed by atoms with Crippen molar-refractivity contribution in [1.29, 1.82) is 0 Å². The molecule has 266 valence electrons. The molecule has 0 N–H and O–H groups in total. The smallest absolute Gasteiger partial charge is 0.0536 e. The third-order valence-corrected chi connectivity index (χ3v) is 13.3. The fourth-order valence-electron chi connectivity index (χ4n) is 10.3. The summed E-state index contributed by atoms with van der Waals surface area (Å²) in [5, 5.41) is 0. The van der Waals surface area contributed by atoms with Crippen LogP contribution in [0.3, 0.4) is 0 Å². The average Bonchev–Trinajstić information content (AvgIpc) is 4.17. The van der Waals surface area contributed by atoms with Gasteiger partial charge in [-0.05, 0) is 125 Å². The number of hydrogen-bond acceptors (Lipinski definition) is 1. The number of fused-ring (bicyclic) bond motifs is 5. The van der Waals surface area contributed by atoms with Crippen molar-refractivity contribution < 1.29 is 0 Å². The predicted octanol–water partition coefficient (Wildman–Crippen LogP) is 13.3. The Labute approximate surface area is 325 Å². The minimum absolute atomic E-state index is 0.371. The molecule has 2 unspecified atom stereocenters. The zero-order valence-electron chi connectivity index (χ0n) is 31.6. The number of nitrogens with zero attached hydrogens (tertiary/aromatic N) is 1. The monoisotopic (exact) mass is 707 g/mol. The van der Waals surface area contributed by atoms with Gasteiger partial charge in [0.25, 0.3) is 0 Å². The maximum absolute atomic E-state index is 2.63. The van der Waals surface area contributed by atoms with E-state index in [2.05, 4.69) is 195 Å². The summed E-state index contributed by atoms with van der Waals surface area (Å²) in [7, 11) is 0. The van der Waals surface area contributed by atoms with Gasteiger partial charge in [0.15, 0.2) is 0 Å². The fraction of sp³-hybridized carbons (Fsp3) is 0.185. The minimum Gasteiger partial charge on any atom is -0.313 e. The Balaban J connectivity index is 1.16. The first-order chi connectivity index (χ1) is 27.1. The Bertz CT molecular complexity index is 2550. The molecule has 55 heavy (non-hydrogen) atoms. The molecule has 0 heterocycles. The summed E-state index contributed by atoms with van der Waals surface area (Å²) < 4.78 is 0. The van der Waals surface area contributed by atoms with E-state index in [1.165, 1.54) is 85.5 Å². The lowest BCUT2D eigenvalue weighted by molar-refractivity contribution is 0.606. The summed E-state index contributed by atoms with van der Waals surface area (Å²) in [6, 6.07) is 55.2. The molecule has 0 aliphatic heterocycles. The maximum Gasteiger partial charge on any atom is 0.0536 e. The van der Waals surface area contributed by atoms with E-state index >= 15 is 0 Å². The second kappa shape index (κ2) is 12.6. The van der Waals surface area contributed by atoms with Crippen LogP contribution < -0.4 is 4.90 Å². The van der Waals surface area contributed by atoms with Crippen LogP contribution in [-0.2, 0) is 11.8 Å². The topological polar surface area (TPSA) is 3.24 Å². The first kappa shape index (κ1) is 32.5. The summed E-state index contributed by atoms with van der Waals surface area (Å²) in [4.78, 5) is 2.63. The lowest BCUT2D eigenvalue weighted by Gasteiger charge is -2.42. The van der Waals surface area contributed by atoms with Gasteiger partial charge >= 0.3 is 0 Å². The molecule has 6 aromatic rings. The molecule has 2 saturated carbocycles. The molecule has 0 saturated heterocycles. The van der Waals surface area contributed by atoms with Crippen molar-refractivity contribution in [3.8, 4) is 22.3 Å². The number of aryl methyl sites for hydroxylation is 2. The Hall–Kier alpha value is -5.92. The molecule has 5 aliphatic carbocycles. The van der Waals surface area contributed by atoms with Gasteiger partial charge in [-0.15, -0.1) is 0 Å². The number of allylic oxidation sites excluding steroid dienone is 8. The van der Waals surface area contributed by atoms with Gasteiger partial charge in [0.1, 0.15) is 0 Å². The molecule has 0 aromatic heterocycles. The highest BCUT2D eigenvalue weighted by atomic mass is 15.2. The van der Waals surface area contributed by atoms with Gasteiger partial charge in [0, 0.05) is 28.3 Å². The van der Waals surface area contributed by atoms with Crippen molar-refractivity contribution in [2.45, 2.75) is 38.5 Å². The van der Waals surface area contributed by atoms with Crippen LogP contribution in [0.5, 0.6) is 0 Å². The molecule has 5 aliphatic rings. The van der Waals surface area contributed by atoms with Gasteiger partial charge in [-0.3, -0.25) is 0 Å². The fourth-order valence-corrected chi connectivity index (χ4v) is 10.3. The molecule has 11 rings (SSSR count). The van der Waals surface area contributed by atoms with Crippen molar-refractivity contribution in [3.63, 3.8) is 0 Å². The van der Waals surface area contributed by atoms with Crippen LogP contribution in [0.25, 0.3) is 22.3 Å². The Morgan fingerprint density at radius 2 is 1.22 bits per heavy atom. The lowest BCUT2D eigenvalue weighted by Crippen LogP contribution is -2.35. The summed E-state index contributed by atoms with van der Waals surface area (Å²) in [5.41, 5.74) is 19.8. The van der Waals surface area contributed by atoms with Crippen LogP contribution in [-0.4, -0.2) is 0 Å². The van der Waals surface area contributed by atoms with Gasteiger partial charge in [0.05, 0.1) is 5.69 Å². The third-order valence-electron chi connectivity index (χ3n) is 13.3. The molecule has 0 amide bonds. The van der Waals surface area contributed by atoms with E-state index in [1.54, 1.807) is 11.1 Å². The van der Waals surface area contributed by atoms with Crippen LogP contribution in [0.15, 0.2) is 193 Å². The van der Waals surface area contributed by atoms with E-state index in [4.69, 9.17) is 0 Å². The van der Waals surface area contributed by atoms with E-state index in [-0.39, 0.29) is 5.41 Å². The zero-order valence-corrected chi connectivity index (χ0v) is 31.6. The number of benzene rings is 6. The molecule has 1 nitrogen and oxygen atoms in total. The number of rotatable bonds is 7. The Morgan fingerprint density at radius 1 is 0.545 bits per heavy atom. The molecule has 6 aromatic carbocycles. The van der Waals surface area contributed by atoms with E-state index in [1.807, 2.05) is 0 Å². The predicted molar refractivity (Wildman–Crippen MR) is 228 cm³/mol. The highest BCUT2D eigenvalue weighted by Crippen LogP contribution is 2.61. The quantitative estimate of drug-likeness (QED) is 0.160. The number of anilines is 2. The SMILES string of the molecule is Cc1ccc(C2(c3ccc(C)cc3)Cc3ccccc3-c3ccc(N(C4=CC=C(C5=CC=CC6C[C@@H]56)C5C[C@@H]45)c4ccccc4-c4ccccc4)cc32)cc1. The van der Waals surface area contributed by atoms with Crippen LogP contribution in [0.1, 0.15) is 46.2 Å². The van der Waals surface area contributed by atoms with Gasteiger partial charge in [-0.2, -0.15) is 0 Å². The first-order valence-corrected chi connectivity index (χ1v) is 20.2. The second-order valence-electron chi connectivity index (χ2n) is 16.6. The van der Waals surface area contributed by atoms with Crippen molar-refractivity contribution in [3.05, 3.63) is 226 Å². The molecule has 0 radical (unpaired) electrons. The largest absolute Gasteiger partial charge is 0.313 e. The second-order valence-corrected chi connectivity index (χ2v) is 16.6. The third kappa shape index (κ3) is 5.28. The lowest BCUT2D eigenvalue weighted by atomic mass is 9.60. The van der Waals surface area contributed by atoms with E-state index in [0.29, 0.717) is 11.8 Å². The highest BCUT2D eigenvalue weighted by Gasteiger charge is 2.51. The van der Waals surface area contributed by atoms with E-state index in [0.717, 1.165) is 18.3 Å². The summed E-state index contributed by atoms with van der Waals surface area (Å²) >= 11 is 0. The highest BCUT2D eigenvalue weighted by molar-refractivity contribution is 5.88. The molecule has 0 bridgehead atoms. The minimum atomic E-state index is -0.371. The summed E-state index contributed by atoms with van der Waals surface area (Å²) in [5.74, 6) is 2.54. The van der Waals surface area contributed by atoms with Crippen molar-refractivity contribution in [1.82, 2.24) is 0 Å². The molecule has 0 spiro atoms. The average molecular weight is 708 g/mol. The molecular formula is C54H45N. The van der Waals surface area contributed by atoms with Gasteiger partial charge in [0.2, 0.25) is 0 Å². The van der Waals surface area contributed by atoms with Crippen molar-refractivity contribution >= 4 is 11.4 Å². The molecular weight excluding hydrogens is 663 g/mol. The summed E-state index contributed by atoms with van der Waals surface area (Å²) in [6.07, 6.45) is 15.5.